The van der Waals surface area contributed by atoms with E-state index in [-0.39, 0.29) is 5.56 Å². The minimum absolute atomic E-state index is 0.0596. The van der Waals surface area contributed by atoms with Gasteiger partial charge < -0.3 is 4.40 Å². The van der Waals surface area contributed by atoms with Crippen LogP contribution in [-0.2, 0) is 0 Å². The van der Waals surface area contributed by atoms with Crippen LogP contribution in [0, 0.1) is 6.92 Å². The molecule has 0 fully saturated rings. The van der Waals surface area contributed by atoms with Crippen molar-refractivity contribution in [2.24, 2.45) is 0 Å². The Labute approximate surface area is 112 Å². The Morgan fingerprint density at radius 2 is 1.89 bits per heavy atom. The highest BCUT2D eigenvalue weighted by Crippen LogP contribution is 2.05. The first-order valence-corrected chi connectivity index (χ1v) is 6.37. The number of rotatable bonds is 1. The van der Waals surface area contributed by atoms with Gasteiger partial charge >= 0.3 is 0 Å². The van der Waals surface area contributed by atoms with Crippen LogP contribution in [0.5, 0.6) is 0 Å². The predicted molar refractivity (Wildman–Crippen MR) is 76.9 cm³/mol. The van der Waals surface area contributed by atoms with E-state index >= 15 is 0 Å². The average Bonchev–Trinajstić information content (AvgIpc) is 2.91. The summed E-state index contributed by atoms with van der Waals surface area (Å²) in [6, 6.07) is 7.45. The van der Waals surface area contributed by atoms with Crippen molar-refractivity contribution in [2.75, 3.05) is 0 Å². The second kappa shape index (κ2) is 5.52. The van der Waals surface area contributed by atoms with Crippen molar-refractivity contribution in [1.29, 1.82) is 0 Å². The summed E-state index contributed by atoms with van der Waals surface area (Å²) in [7, 11) is 0. The smallest absolute Gasteiger partial charge is 0.280 e. The number of fused-ring (bicyclic) bond motifs is 1. The summed E-state index contributed by atoms with van der Waals surface area (Å²) < 4.78 is 3.36. The van der Waals surface area contributed by atoms with Gasteiger partial charge in [0.25, 0.3) is 5.56 Å². The lowest BCUT2D eigenvalue weighted by molar-refractivity contribution is 0.917. The first kappa shape index (κ1) is 13.1. The van der Waals surface area contributed by atoms with Crippen LogP contribution in [0.2, 0.25) is 0 Å². The summed E-state index contributed by atoms with van der Waals surface area (Å²) in [5, 5.41) is 0. The fourth-order valence-electron chi connectivity index (χ4n) is 1.87. The molecule has 0 aliphatic rings. The minimum Gasteiger partial charge on any atom is -0.318 e. The molecule has 0 amide bonds. The topological polar surface area (TPSA) is 39.3 Å². The highest BCUT2D eigenvalue weighted by Gasteiger charge is 2.04. The van der Waals surface area contributed by atoms with E-state index in [1.54, 1.807) is 27.4 Å². The van der Waals surface area contributed by atoms with E-state index in [9.17, 15) is 4.79 Å². The molecule has 4 heteroatoms. The Bertz CT molecular complexity index is 740. The van der Waals surface area contributed by atoms with Crippen molar-refractivity contribution in [2.45, 2.75) is 20.8 Å². The lowest BCUT2D eigenvalue weighted by Gasteiger charge is -2.05. The molecule has 4 nitrogen and oxygen atoms in total. The van der Waals surface area contributed by atoms with Crippen molar-refractivity contribution >= 4 is 5.52 Å². The average molecular weight is 255 g/mol. The molecule has 0 saturated carbocycles. The minimum atomic E-state index is -0.0596. The standard InChI is InChI=1S/C13H11N3O.C2H6/c1-10-4-5-14-12(9-10)16-8-7-15-6-2-3-11(15)13(16)17;1-2/h2-9H,1H3;1-2H3. The Morgan fingerprint density at radius 1 is 1.11 bits per heavy atom. The van der Waals surface area contributed by atoms with E-state index < -0.39 is 0 Å². The van der Waals surface area contributed by atoms with Gasteiger partial charge in [0, 0.05) is 24.8 Å². The zero-order valence-corrected chi connectivity index (χ0v) is 11.4. The summed E-state index contributed by atoms with van der Waals surface area (Å²) in [5.41, 5.74) is 1.67. The molecule has 3 rings (SSSR count). The second-order valence-electron chi connectivity index (χ2n) is 3.97. The van der Waals surface area contributed by atoms with Crippen molar-refractivity contribution in [1.82, 2.24) is 14.0 Å². The fourth-order valence-corrected chi connectivity index (χ4v) is 1.87. The SMILES string of the molecule is CC.Cc1ccnc(-n2ccn3cccc3c2=O)c1. The highest BCUT2D eigenvalue weighted by molar-refractivity contribution is 5.46. The molecule has 0 saturated heterocycles. The Morgan fingerprint density at radius 3 is 2.63 bits per heavy atom. The molecular weight excluding hydrogens is 238 g/mol. The van der Waals surface area contributed by atoms with Gasteiger partial charge in [-0.15, -0.1) is 0 Å². The molecule has 0 spiro atoms. The van der Waals surface area contributed by atoms with Gasteiger partial charge in [0.05, 0.1) is 0 Å². The van der Waals surface area contributed by atoms with Crippen LogP contribution in [0.15, 0.2) is 53.8 Å². The quantitative estimate of drug-likeness (QED) is 0.670. The molecule has 0 radical (unpaired) electrons. The van der Waals surface area contributed by atoms with E-state index in [2.05, 4.69) is 4.98 Å². The van der Waals surface area contributed by atoms with Crippen molar-refractivity contribution in [3.05, 3.63) is 65.0 Å². The monoisotopic (exact) mass is 255 g/mol. The molecule has 3 heterocycles. The van der Waals surface area contributed by atoms with Gasteiger partial charge in [-0.25, -0.2) is 4.98 Å². The van der Waals surface area contributed by atoms with E-state index in [1.165, 1.54) is 0 Å². The van der Waals surface area contributed by atoms with Gasteiger partial charge in [-0.2, -0.15) is 0 Å². The summed E-state index contributed by atoms with van der Waals surface area (Å²) in [6.07, 6.45) is 7.14. The van der Waals surface area contributed by atoms with Crippen LogP contribution in [0.25, 0.3) is 11.3 Å². The summed E-state index contributed by atoms with van der Waals surface area (Å²) in [5.74, 6) is 0.652. The molecular formula is C15H17N3O. The van der Waals surface area contributed by atoms with E-state index in [4.69, 9.17) is 0 Å². The van der Waals surface area contributed by atoms with Crippen molar-refractivity contribution in [3.8, 4) is 5.82 Å². The van der Waals surface area contributed by atoms with Gasteiger partial charge in [-0.05, 0) is 36.8 Å². The van der Waals surface area contributed by atoms with Crippen LogP contribution >= 0.6 is 0 Å². The van der Waals surface area contributed by atoms with Crippen molar-refractivity contribution in [3.63, 3.8) is 0 Å². The van der Waals surface area contributed by atoms with Crippen LogP contribution in [0.3, 0.4) is 0 Å². The van der Waals surface area contributed by atoms with Crippen LogP contribution in [0.1, 0.15) is 19.4 Å². The molecule has 0 N–H and O–H groups in total. The van der Waals surface area contributed by atoms with Crippen molar-refractivity contribution < 1.29 is 0 Å². The molecule has 0 aromatic carbocycles. The van der Waals surface area contributed by atoms with Gasteiger partial charge in [-0.3, -0.25) is 9.36 Å². The highest BCUT2D eigenvalue weighted by atomic mass is 16.1. The first-order valence-electron chi connectivity index (χ1n) is 6.37. The number of hydrogen-bond donors (Lipinski definition) is 0. The lowest BCUT2D eigenvalue weighted by atomic mass is 10.3. The van der Waals surface area contributed by atoms with Gasteiger partial charge in [-0.1, -0.05) is 13.8 Å². The number of nitrogens with zero attached hydrogens (tertiary/aromatic N) is 3. The van der Waals surface area contributed by atoms with Crippen LogP contribution in [-0.4, -0.2) is 14.0 Å². The molecule has 0 aliphatic heterocycles. The summed E-state index contributed by atoms with van der Waals surface area (Å²) in [4.78, 5) is 16.4. The Balaban J connectivity index is 0.000000637. The summed E-state index contributed by atoms with van der Waals surface area (Å²) >= 11 is 0. The zero-order valence-electron chi connectivity index (χ0n) is 11.4. The van der Waals surface area contributed by atoms with Gasteiger partial charge in [0.2, 0.25) is 0 Å². The van der Waals surface area contributed by atoms with Crippen LogP contribution in [0.4, 0.5) is 0 Å². The molecule has 3 aromatic rings. The maximum absolute atomic E-state index is 12.2. The molecule has 0 aliphatic carbocycles. The number of hydrogen-bond acceptors (Lipinski definition) is 2. The third-order valence-corrected chi connectivity index (χ3v) is 2.74. The predicted octanol–water partition coefficient (Wildman–Crippen LogP) is 2.82. The fraction of sp³-hybridized carbons (Fsp3) is 0.200. The Kier molecular flexibility index (Phi) is 3.80. The molecule has 0 atom stereocenters. The van der Waals surface area contributed by atoms with E-state index in [1.807, 2.05) is 51.4 Å². The van der Waals surface area contributed by atoms with E-state index in [0.29, 0.717) is 11.3 Å². The normalized spacial score (nSPS) is 10.1. The van der Waals surface area contributed by atoms with Crippen LogP contribution < -0.4 is 5.56 Å². The zero-order chi connectivity index (χ0) is 13.8. The lowest BCUT2D eigenvalue weighted by Crippen LogP contribution is -2.20. The molecule has 98 valence electrons. The molecule has 3 aromatic heterocycles. The molecule has 19 heavy (non-hydrogen) atoms. The van der Waals surface area contributed by atoms with Gasteiger partial charge in [0.15, 0.2) is 0 Å². The number of aryl methyl sites for hydroxylation is 1. The van der Waals surface area contributed by atoms with Gasteiger partial charge in [0.1, 0.15) is 11.3 Å². The maximum Gasteiger partial charge on any atom is 0.280 e. The molecule has 0 bridgehead atoms. The third-order valence-electron chi connectivity index (χ3n) is 2.74. The summed E-state index contributed by atoms with van der Waals surface area (Å²) in [6.45, 7) is 5.98. The second-order valence-corrected chi connectivity index (χ2v) is 3.97. The Hall–Kier alpha value is -2.36. The molecule has 0 unspecified atom stereocenters. The van der Waals surface area contributed by atoms with E-state index in [0.717, 1.165) is 5.56 Å². The largest absolute Gasteiger partial charge is 0.318 e. The third kappa shape index (κ3) is 2.42. The number of aromatic nitrogens is 3. The number of pyridine rings is 1. The maximum atomic E-state index is 12.2. The first-order chi connectivity index (χ1) is 9.25.